The van der Waals surface area contributed by atoms with Crippen LogP contribution in [0.1, 0.15) is 31.8 Å². The van der Waals surface area contributed by atoms with Gasteiger partial charge in [-0.3, -0.25) is 19.3 Å². The van der Waals surface area contributed by atoms with Crippen LogP contribution in [0.5, 0.6) is 0 Å². The maximum absolute atomic E-state index is 13.5. The summed E-state index contributed by atoms with van der Waals surface area (Å²) in [5, 5.41) is 2.49. The van der Waals surface area contributed by atoms with Gasteiger partial charge in [0.1, 0.15) is 16.9 Å². The molecule has 1 fully saturated rings. The summed E-state index contributed by atoms with van der Waals surface area (Å²) >= 11 is 0. The molecule has 2 heterocycles. The molecule has 8 heteroatoms. The minimum atomic E-state index is -0.562. The van der Waals surface area contributed by atoms with Gasteiger partial charge in [0, 0.05) is 58.7 Å². The maximum Gasteiger partial charge on any atom is 0.259 e. The van der Waals surface area contributed by atoms with Crippen molar-refractivity contribution in [1.82, 2.24) is 19.7 Å². The van der Waals surface area contributed by atoms with Gasteiger partial charge in [-0.25, -0.2) is 4.39 Å². The van der Waals surface area contributed by atoms with Crippen LogP contribution in [0, 0.1) is 5.82 Å². The SMILES string of the molecule is CNC(=O)c1cn(CCc2ccccc2)cc(C(=O)N2CCN(Cc3cccc(F)c3)CC2)c1=O. The minimum absolute atomic E-state index is 0.00209. The predicted octanol–water partition coefficient (Wildman–Crippen LogP) is 2.55. The van der Waals surface area contributed by atoms with Crippen LogP contribution in [0.2, 0.25) is 0 Å². The van der Waals surface area contributed by atoms with Crippen LogP contribution >= 0.6 is 0 Å². The Labute approximate surface area is 203 Å². The molecule has 2 aromatic carbocycles. The predicted molar refractivity (Wildman–Crippen MR) is 132 cm³/mol. The number of hydrogen-bond acceptors (Lipinski definition) is 4. The van der Waals surface area contributed by atoms with E-state index >= 15 is 0 Å². The smallest absolute Gasteiger partial charge is 0.259 e. The second kappa shape index (κ2) is 11.1. The molecule has 0 unspecified atom stereocenters. The first-order valence-electron chi connectivity index (χ1n) is 11.7. The summed E-state index contributed by atoms with van der Waals surface area (Å²) in [5.74, 6) is -1.16. The number of pyridine rings is 1. The Morgan fingerprint density at radius 1 is 0.914 bits per heavy atom. The Bertz CT molecular complexity index is 1250. The summed E-state index contributed by atoms with van der Waals surface area (Å²) in [4.78, 5) is 42.5. The molecule has 1 aliphatic rings. The maximum atomic E-state index is 13.5. The van der Waals surface area contributed by atoms with E-state index in [2.05, 4.69) is 10.2 Å². The van der Waals surface area contributed by atoms with Crippen molar-refractivity contribution in [3.63, 3.8) is 0 Å². The van der Waals surface area contributed by atoms with Gasteiger partial charge in [0.2, 0.25) is 5.43 Å². The van der Waals surface area contributed by atoms with Gasteiger partial charge in [0.05, 0.1) is 0 Å². The molecule has 0 spiro atoms. The fraction of sp³-hybridized carbons (Fsp3) is 0.296. The highest BCUT2D eigenvalue weighted by molar-refractivity contribution is 5.99. The average molecular weight is 477 g/mol. The average Bonchev–Trinajstić information content (AvgIpc) is 2.88. The van der Waals surface area contributed by atoms with E-state index in [0.29, 0.717) is 45.7 Å². The highest BCUT2D eigenvalue weighted by atomic mass is 19.1. The second-order valence-corrected chi connectivity index (χ2v) is 8.67. The fourth-order valence-corrected chi connectivity index (χ4v) is 4.28. The van der Waals surface area contributed by atoms with E-state index in [4.69, 9.17) is 0 Å². The van der Waals surface area contributed by atoms with Crippen LogP contribution in [0.25, 0.3) is 0 Å². The molecule has 1 aromatic heterocycles. The molecule has 1 N–H and O–H groups in total. The van der Waals surface area contributed by atoms with E-state index in [9.17, 15) is 18.8 Å². The highest BCUT2D eigenvalue weighted by Gasteiger charge is 2.26. The van der Waals surface area contributed by atoms with Crippen LogP contribution in [0.3, 0.4) is 0 Å². The number of hydrogen-bond donors (Lipinski definition) is 1. The summed E-state index contributed by atoms with van der Waals surface area (Å²) in [6.07, 6.45) is 3.76. The number of carbonyl (C=O) groups is 2. The van der Waals surface area contributed by atoms with Crippen molar-refractivity contribution >= 4 is 11.8 Å². The summed E-state index contributed by atoms with van der Waals surface area (Å²) in [6.45, 7) is 3.23. The molecule has 0 bridgehead atoms. The highest BCUT2D eigenvalue weighted by Crippen LogP contribution is 2.13. The fourth-order valence-electron chi connectivity index (χ4n) is 4.28. The molecule has 0 aliphatic carbocycles. The van der Waals surface area contributed by atoms with E-state index < -0.39 is 11.3 Å². The number of halogens is 1. The number of amides is 2. The summed E-state index contributed by atoms with van der Waals surface area (Å²) in [5.41, 5.74) is 1.39. The number of aryl methyl sites for hydroxylation is 2. The number of nitrogens with zero attached hydrogens (tertiary/aromatic N) is 3. The molecule has 2 amide bonds. The van der Waals surface area contributed by atoms with Crippen LogP contribution in [0.4, 0.5) is 4.39 Å². The van der Waals surface area contributed by atoms with E-state index in [1.165, 1.54) is 25.4 Å². The van der Waals surface area contributed by atoms with Crippen molar-refractivity contribution < 1.29 is 14.0 Å². The third kappa shape index (κ3) is 6.02. The molecule has 3 aromatic rings. The third-order valence-corrected chi connectivity index (χ3v) is 6.24. The van der Waals surface area contributed by atoms with Crippen molar-refractivity contribution in [2.24, 2.45) is 0 Å². The number of benzene rings is 2. The molecule has 1 aliphatic heterocycles. The number of nitrogens with one attached hydrogen (secondary N) is 1. The lowest BCUT2D eigenvalue weighted by Crippen LogP contribution is -2.49. The molecule has 182 valence electrons. The molecule has 4 rings (SSSR count). The molecule has 35 heavy (non-hydrogen) atoms. The van der Waals surface area contributed by atoms with Gasteiger partial charge < -0.3 is 14.8 Å². The van der Waals surface area contributed by atoms with E-state index in [-0.39, 0.29) is 22.9 Å². The van der Waals surface area contributed by atoms with E-state index in [1.807, 2.05) is 36.4 Å². The van der Waals surface area contributed by atoms with E-state index in [0.717, 1.165) is 11.1 Å². The van der Waals surface area contributed by atoms with Gasteiger partial charge >= 0.3 is 0 Å². The lowest BCUT2D eigenvalue weighted by Gasteiger charge is -2.34. The zero-order valence-corrected chi connectivity index (χ0v) is 19.7. The van der Waals surface area contributed by atoms with Crippen LogP contribution in [-0.4, -0.2) is 59.4 Å². The van der Waals surface area contributed by atoms with Gasteiger partial charge in [-0.1, -0.05) is 42.5 Å². The third-order valence-electron chi connectivity index (χ3n) is 6.24. The van der Waals surface area contributed by atoms with Crippen LogP contribution < -0.4 is 10.7 Å². The summed E-state index contributed by atoms with van der Waals surface area (Å²) in [7, 11) is 1.46. The zero-order chi connectivity index (χ0) is 24.8. The Hall–Kier alpha value is -3.78. The van der Waals surface area contributed by atoms with Crippen molar-refractivity contribution in [2.75, 3.05) is 33.2 Å². The second-order valence-electron chi connectivity index (χ2n) is 8.67. The van der Waals surface area contributed by atoms with Gasteiger partial charge in [-0.2, -0.15) is 0 Å². The monoisotopic (exact) mass is 476 g/mol. The molecular formula is C27H29FN4O3. The Morgan fingerprint density at radius 2 is 1.60 bits per heavy atom. The molecule has 7 nitrogen and oxygen atoms in total. The molecule has 0 atom stereocenters. The largest absolute Gasteiger partial charge is 0.355 e. The van der Waals surface area contributed by atoms with Crippen LogP contribution in [-0.2, 0) is 19.5 Å². The lowest BCUT2D eigenvalue weighted by molar-refractivity contribution is 0.0626. The topological polar surface area (TPSA) is 74.7 Å². The normalized spacial score (nSPS) is 14.1. The molecule has 0 radical (unpaired) electrons. The summed E-state index contributed by atoms with van der Waals surface area (Å²) in [6, 6.07) is 16.4. The standard InChI is InChI=1S/C27H29FN4O3/c1-29-26(34)23-18-31(11-10-20-6-3-2-4-7-20)19-24(25(23)33)27(35)32-14-12-30(13-15-32)17-21-8-5-9-22(28)16-21/h2-9,16,18-19H,10-15,17H2,1H3,(H,29,34). The first-order valence-corrected chi connectivity index (χ1v) is 11.7. The number of piperazine rings is 1. The molecule has 1 saturated heterocycles. The quantitative estimate of drug-likeness (QED) is 0.569. The van der Waals surface area contributed by atoms with Crippen molar-refractivity contribution in [1.29, 1.82) is 0 Å². The van der Waals surface area contributed by atoms with Gasteiger partial charge in [-0.15, -0.1) is 0 Å². The van der Waals surface area contributed by atoms with E-state index in [1.54, 1.807) is 21.7 Å². The zero-order valence-electron chi connectivity index (χ0n) is 19.7. The molecular weight excluding hydrogens is 447 g/mol. The van der Waals surface area contributed by atoms with Crippen molar-refractivity contribution in [3.05, 3.63) is 105 Å². The van der Waals surface area contributed by atoms with Crippen molar-refractivity contribution in [2.45, 2.75) is 19.5 Å². The Balaban J connectivity index is 1.49. The summed E-state index contributed by atoms with van der Waals surface area (Å²) < 4.78 is 15.2. The minimum Gasteiger partial charge on any atom is -0.355 e. The van der Waals surface area contributed by atoms with Gasteiger partial charge in [0.15, 0.2) is 0 Å². The first-order chi connectivity index (χ1) is 16.9. The van der Waals surface area contributed by atoms with Gasteiger partial charge in [0.25, 0.3) is 11.8 Å². The molecule has 0 saturated carbocycles. The van der Waals surface area contributed by atoms with Gasteiger partial charge in [-0.05, 0) is 29.7 Å². The lowest BCUT2D eigenvalue weighted by atomic mass is 10.1. The number of carbonyl (C=O) groups excluding carboxylic acids is 2. The first kappa shape index (κ1) is 24.3. The Morgan fingerprint density at radius 3 is 2.29 bits per heavy atom. The van der Waals surface area contributed by atoms with Crippen LogP contribution in [0.15, 0.2) is 71.8 Å². The van der Waals surface area contributed by atoms with Crippen molar-refractivity contribution in [3.8, 4) is 0 Å². The number of aromatic nitrogens is 1. The Kier molecular flexibility index (Phi) is 7.72. The number of rotatable bonds is 7.